The van der Waals surface area contributed by atoms with Crippen molar-refractivity contribution in [1.82, 2.24) is 0 Å². The predicted octanol–water partition coefficient (Wildman–Crippen LogP) is -0.0807. The maximum Gasteiger partial charge on any atom is 0.145 e. The number of ether oxygens (including phenoxy) is 1. The Hall–Kier alpha value is -0.0900. The van der Waals surface area contributed by atoms with Crippen LogP contribution in [0.3, 0.4) is 0 Å². The molecule has 0 spiro atoms. The third-order valence-electron chi connectivity index (χ3n) is 2.22. The van der Waals surface area contributed by atoms with Crippen molar-refractivity contribution in [3.63, 3.8) is 0 Å². The van der Waals surface area contributed by atoms with Crippen molar-refractivity contribution < 1.29 is 13.2 Å². The van der Waals surface area contributed by atoms with Gasteiger partial charge in [-0.3, -0.25) is 0 Å². The molecule has 0 aromatic heterocycles. The highest BCUT2D eigenvalue weighted by molar-refractivity contribution is 7.74. The Labute approximate surface area is 61.3 Å². The first-order valence-corrected chi connectivity index (χ1v) is 4.67. The molecule has 1 aliphatic carbocycles. The summed E-state index contributed by atoms with van der Waals surface area (Å²) in [4.78, 5) is 0. The first-order valence-electron chi connectivity index (χ1n) is 3.49. The van der Waals surface area contributed by atoms with E-state index >= 15 is 0 Å². The average molecular weight is 162 g/mol. The molecule has 3 nitrogen and oxygen atoms in total. The van der Waals surface area contributed by atoms with E-state index in [1.54, 1.807) is 0 Å². The van der Waals surface area contributed by atoms with Gasteiger partial charge in [0.1, 0.15) is 10.7 Å². The summed E-state index contributed by atoms with van der Waals surface area (Å²) in [6.07, 6.45) is 2.71. The van der Waals surface area contributed by atoms with Gasteiger partial charge in [0.25, 0.3) is 0 Å². The first-order chi connectivity index (χ1) is 4.73. The van der Waals surface area contributed by atoms with Gasteiger partial charge in [-0.1, -0.05) is 0 Å². The zero-order valence-electron chi connectivity index (χ0n) is 5.58. The smallest absolute Gasteiger partial charge is 0.145 e. The van der Waals surface area contributed by atoms with E-state index in [1.807, 2.05) is 0 Å². The quantitative estimate of drug-likeness (QED) is 0.466. The highest BCUT2D eigenvalue weighted by Crippen LogP contribution is 2.45. The summed E-state index contributed by atoms with van der Waals surface area (Å²) in [5, 5.41) is 0. The van der Waals surface area contributed by atoms with E-state index in [1.165, 1.54) is 0 Å². The van der Waals surface area contributed by atoms with Gasteiger partial charge in [-0.15, -0.1) is 0 Å². The molecule has 0 aromatic carbocycles. The second-order valence-corrected chi connectivity index (χ2v) is 4.60. The summed E-state index contributed by atoms with van der Waals surface area (Å²) in [5.41, 5.74) is 0. The molecule has 1 heterocycles. The highest BCUT2D eigenvalue weighted by atomic mass is 32.2. The molecule has 1 aliphatic heterocycles. The van der Waals surface area contributed by atoms with E-state index in [0.717, 1.165) is 25.9 Å². The van der Waals surface area contributed by atoms with Crippen LogP contribution in [0.2, 0.25) is 0 Å². The number of rotatable bonds is 3. The molecular formula is C6H10O3S. The van der Waals surface area contributed by atoms with Crippen molar-refractivity contribution in [1.29, 1.82) is 0 Å². The third-order valence-corrected chi connectivity index (χ3v) is 3.63. The fourth-order valence-electron chi connectivity index (χ4n) is 1.22. The maximum atomic E-state index is 10.6. The minimum absolute atomic E-state index is 0.260. The van der Waals surface area contributed by atoms with Crippen LogP contribution in [0.25, 0.3) is 0 Å². The molecule has 0 bridgehead atoms. The first kappa shape index (κ1) is 6.61. The Bertz CT molecular complexity index is 205. The fourth-order valence-corrected chi connectivity index (χ4v) is 2.04. The molecule has 1 saturated carbocycles. The van der Waals surface area contributed by atoms with Crippen molar-refractivity contribution in [2.75, 3.05) is 6.61 Å². The minimum atomic E-state index is -2.21. The minimum Gasteiger partial charge on any atom is -0.373 e. The van der Waals surface area contributed by atoms with Gasteiger partial charge in [-0.2, -0.15) is 0 Å². The van der Waals surface area contributed by atoms with E-state index in [-0.39, 0.29) is 10.9 Å². The summed E-state index contributed by atoms with van der Waals surface area (Å²) < 4.78 is 25.9. The molecule has 58 valence electrons. The Balaban J connectivity index is 2.00. The van der Waals surface area contributed by atoms with Gasteiger partial charge in [0.05, 0.1) is 17.5 Å². The monoisotopic (exact) mass is 162 g/mol. The highest BCUT2D eigenvalue weighted by Gasteiger charge is 2.50. The van der Waals surface area contributed by atoms with Gasteiger partial charge in [0.15, 0.2) is 0 Å². The summed E-state index contributed by atoms with van der Waals surface area (Å²) >= 11 is 0. The number of thiol groups is 1. The van der Waals surface area contributed by atoms with E-state index in [0.29, 0.717) is 0 Å². The van der Waals surface area contributed by atoms with Gasteiger partial charge in [-0.05, 0) is 19.3 Å². The number of hydrogen-bond acceptors (Lipinski definition) is 3. The van der Waals surface area contributed by atoms with E-state index in [9.17, 15) is 8.42 Å². The lowest BCUT2D eigenvalue weighted by Crippen LogP contribution is -2.13. The third kappa shape index (κ3) is 1.06. The lowest BCUT2D eigenvalue weighted by atomic mass is 10.2. The van der Waals surface area contributed by atoms with Crippen molar-refractivity contribution in [2.45, 2.75) is 30.1 Å². The molecule has 10 heavy (non-hydrogen) atoms. The number of hydrogen-bond donors (Lipinski definition) is 1. The molecule has 2 rings (SSSR count). The van der Waals surface area contributed by atoms with Crippen LogP contribution in [0.5, 0.6) is 0 Å². The largest absolute Gasteiger partial charge is 0.373 e. The molecule has 0 N–H and O–H groups in total. The molecular weight excluding hydrogens is 152 g/mol. The molecule has 2 fully saturated rings. The van der Waals surface area contributed by atoms with Crippen LogP contribution in [-0.4, -0.2) is 25.9 Å². The Morgan fingerprint density at radius 2 is 2.10 bits per heavy atom. The lowest BCUT2D eigenvalue weighted by molar-refractivity contribution is 0.390. The lowest BCUT2D eigenvalue weighted by Gasteiger charge is -2.01. The molecule has 0 amide bonds. The van der Waals surface area contributed by atoms with E-state index in [4.69, 9.17) is 4.74 Å². The predicted molar refractivity (Wildman–Crippen MR) is 36.6 cm³/mol. The summed E-state index contributed by atoms with van der Waals surface area (Å²) in [6.45, 7) is 0.769. The summed E-state index contributed by atoms with van der Waals surface area (Å²) in [5.74, 6) is 0. The van der Waals surface area contributed by atoms with Crippen molar-refractivity contribution >= 4 is 10.7 Å². The van der Waals surface area contributed by atoms with Gasteiger partial charge in [0, 0.05) is 0 Å². The van der Waals surface area contributed by atoms with Gasteiger partial charge < -0.3 is 4.74 Å². The Morgan fingerprint density at radius 3 is 2.40 bits per heavy atom. The van der Waals surface area contributed by atoms with Crippen LogP contribution in [0.15, 0.2) is 0 Å². The second-order valence-electron chi connectivity index (χ2n) is 3.14. The van der Waals surface area contributed by atoms with Gasteiger partial charge in [-0.25, -0.2) is 8.42 Å². The molecule has 0 aromatic rings. The zero-order chi connectivity index (χ0) is 7.19. The molecule has 1 saturated heterocycles. The van der Waals surface area contributed by atoms with Gasteiger partial charge in [0.2, 0.25) is 0 Å². The fraction of sp³-hybridized carbons (Fsp3) is 1.00. The van der Waals surface area contributed by atoms with Crippen molar-refractivity contribution in [3.05, 3.63) is 0 Å². The normalized spacial score (nSPS) is 34.3. The second kappa shape index (κ2) is 1.95. The molecule has 0 unspecified atom stereocenters. The van der Waals surface area contributed by atoms with Gasteiger partial charge >= 0.3 is 0 Å². The van der Waals surface area contributed by atoms with Crippen LogP contribution in [-0.2, 0) is 15.4 Å². The molecule has 4 heteroatoms. The zero-order valence-corrected chi connectivity index (χ0v) is 6.47. The van der Waals surface area contributed by atoms with Crippen LogP contribution >= 0.6 is 0 Å². The Morgan fingerprint density at radius 1 is 1.50 bits per heavy atom. The SMILES string of the molecule is O=[SH](=O)C1(C[C@H]2CO2)CC1. The van der Waals surface area contributed by atoms with E-state index in [2.05, 4.69) is 0 Å². The summed E-state index contributed by atoms with van der Waals surface area (Å²) in [6, 6.07) is 0. The van der Waals surface area contributed by atoms with Crippen LogP contribution in [0, 0.1) is 0 Å². The Kier molecular flexibility index (Phi) is 1.29. The molecule has 2 aliphatic rings. The average Bonchev–Trinajstić information content (AvgIpc) is 2.65. The molecule has 1 atom stereocenters. The van der Waals surface area contributed by atoms with Crippen LogP contribution < -0.4 is 0 Å². The summed E-state index contributed by atoms with van der Waals surface area (Å²) in [7, 11) is -2.21. The van der Waals surface area contributed by atoms with Crippen molar-refractivity contribution in [3.8, 4) is 0 Å². The van der Waals surface area contributed by atoms with Crippen LogP contribution in [0.1, 0.15) is 19.3 Å². The van der Waals surface area contributed by atoms with E-state index < -0.39 is 10.7 Å². The maximum absolute atomic E-state index is 10.6. The van der Waals surface area contributed by atoms with Crippen LogP contribution in [0.4, 0.5) is 0 Å². The standard InChI is InChI=1S/C6H10O3S/c7-10(8)6(1-2-6)3-5-4-9-5/h5,10H,1-4H2/t5-/m0/s1. The topological polar surface area (TPSA) is 46.7 Å². The number of epoxide rings is 1. The molecule has 0 radical (unpaired) electrons. The van der Waals surface area contributed by atoms with Crippen molar-refractivity contribution in [2.24, 2.45) is 0 Å².